The third-order valence-corrected chi connectivity index (χ3v) is 6.32. The number of aromatic nitrogens is 3. The van der Waals surface area contributed by atoms with Crippen LogP contribution in [0.4, 0.5) is 5.95 Å². The number of nitrogens with two attached hydrogens (primary N) is 1. The maximum Gasteiger partial charge on any atom is 0.253 e. The van der Waals surface area contributed by atoms with Gasteiger partial charge < -0.3 is 15.2 Å². The summed E-state index contributed by atoms with van der Waals surface area (Å²) >= 11 is 2.81. The van der Waals surface area contributed by atoms with Gasteiger partial charge in [0.2, 0.25) is 11.1 Å². The Balaban J connectivity index is 1.60. The number of amides is 1. The maximum atomic E-state index is 13.1. The zero-order chi connectivity index (χ0) is 21.1. The molecule has 0 saturated heterocycles. The first-order valence-electron chi connectivity index (χ1n) is 9.05. The summed E-state index contributed by atoms with van der Waals surface area (Å²) in [5.74, 6) is 1.45. The first-order valence-corrected chi connectivity index (χ1v) is 10.9. The molecule has 0 unspecified atom stereocenters. The number of hydrogen-bond donors (Lipinski definition) is 2. The van der Waals surface area contributed by atoms with E-state index in [1.807, 2.05) is 35.7 Å². The predicted molar refractivity (Wildman–Crippen MR) is 116 cm³/mol. The molecule has 30 heavy (non-hydrogen) atoms. The van der Waals surface area contributed by atoms with Crippen molar-refractivity contribution < 1.29 is 14.3 Å². The minimum Gasteiger partial charge on any atom is -0.493 e. The van der Waals surface area contributed by atoms with Crippen molar-refractivity contribution in [1.82, 2.24) is 20.2 Å². The van der Waals surface area contributed by atoms with Gasteiger partial charge in [-0.05, 0) is 29.1 Å². The van der Waals surface area contributed by atoms with Gasteiger partial charge in [0.1, 0.15) is 0 Å². The van der Waals surface area contributed by atoms with E-state index in [0.29, 0.717) is 23.1 Å². The minimum atomic E-state index is -0.243. The SMILES string of the molecule is COc1ccc([C@@H]2CC(c3cccs3)=NN2C(=O)CSc2n[nH]c(N)n2)cc1OC. The standard InChI is InChI=1S/C19H20N6O3S2/c1-27-14-6-5-11(8-15(14)28-2)13-9-12(16-4-3-7-29-16)24-25(13)17(26)10-30-19-21-18(20)22-23-19/h3-8,13H,9-10H2,1-2H3,(H3,20,21,22,23)/t13-/m0/s1. The molecule has 3 aromatic rings. The number of hydrogen-bond acceptors (Lipinski definition) is 9. The number of hydrazone groups is 1. The highest BCUT2D eigenvalue weighted by Crippen LogP contribution is 2.38. The van der Waals surface area contributed by atoms with Crippen LogP contribution in [0.25, 0.3) is 0 Å². The van der Waals surface area contributed by atoms with Crippen LogP contribution in [0, 0.1) is 0 Å². The van der Waals surface area contributed by atoms with Gasteiger partial charge in [-0.15, -0.1) is 16.4 Å². The van der Waals surface area contributed by atoms with E-state index in [1.165, 1.54) is 11.8 Å². The first-order chi connectivity index (χ1) is 14.6. The van der Waals surface area contributed by atoms with Crippen molar-refractivity contribution in [2.24, 2.45) is 5.10 Å². The summed E-state index contributed by atoms with van der Waals surface area (Å²) < 4.78 is 10.8. The largest absolute Gasteiger partial charge is 0.493 e. The Hall–Kier alpha value is -3.05. The topological polar surface area (TPSA) is 119 Å². The van der Waals surface area contributed by atoms with E-state index in [2.05, 4.69) is 20.3 Å². The van der Waals surface area contributed by atoms with E-state index in [9.17, 15) is 4.79 Å². The van der Waals surface area contributed by atoms with E-state index in [-0.39, 0.29) is 23.7 Å². The summed E-state index contributed by atoms with van der Waals surface area (Å²) in [5.41, 5.74) is 7.35. The quantitative estimate of drug-likeness (QED) is 0.538. The van der Waals surface area contributed by atoms with Gasteiger partial charge in [-0.1, -0.05) is 23.9 Å². The second-order valence-electron chi connectivity index (χ2n) is 6.39. The van der Waals surface area contributed by atoms with Gasteiger partial charge in [-0.3, -0.25) is 4.79 Å². The number of rotatable bonds is 7. The lowest BCUT2D eigenvalue weighted by Gasteiger charge is -2.22. The monoisotopic (exact) mass is 444 g/mol. The van der Waals surface area contributed by atoms with E-state index in [0.717, 1.165) is 16.2 Å². The van der Waals surface area contributed by atoms with E-state index < -0.39 is 0 Å². The smallest absolute Gasteiger partial charge is 0.253 e. The maximum absolute atomic E-state index is 13.1. The van der Waals surface area contributed by atoms with Crippen LogP contribution in [0.1, 0.15) is 22.9 Å². The molecule has 1 aromatic carbocycles. The zero-order valence-corrected chi connectivity index (χ0v) is 18.0. The Bertz CT molecular complexity index is 1070. The van der Waals surface area contributed by atoms with Crippen LogP contribution in [-0.2, 0) is 4.79 Å². The van der Waals surface area contributed by atoms with Crippen molar-refractivity contribution in [3.8, 4) is 11.5 Å². The number of benzene rings is 1. The molecule has 0 saturated carbocycles. The predicted octanol–water partition coefficient (Wildman–Crippen LogP) is 2.94. The van der Waals surface area contributed by atoms with Crippen LogP contribution in [0.3, 0.4) is 0 Å². The van der Waals surface area contributed by atoms with Crippen LogP contribution in [0.5, 0.6) is 11.5 Å². The molecule has 1 atom stereocenters. The Labute approximate surface area is 181 Å². The third-order valence-electron chi connectivity index (χ3n) is 4.57. The molecule has 1 amide bonds. The number of ether oxygens (including phenoxy) is 2. The number of nitrogens with zero attached hydrogens (tertiary/aromatic N) is 4. The van der Waals surface area contributed by atoms with Crippen LogP contribution in [0.15, 0.2) is 46.0 Å². The van der Waals surface area contributed by atoms with Crippen molar-refractivity contribution in [3.05, 3.63) is 46.2 Å². The van der Waals surface area contributed by atoms with Gasteiger partial charge in [0.25, 0.3) is 5.91 Å². The lowest BCUT2D eigenvalue weighted by Crippen LogP contribution is -2.28. The number of carbonyl (C=O) groups is 1. The number of thioether (sulfide) groups is 1. The normalized spacial score (nSPS) is 15.9. The molecule has 11 heteroatoms. The fourth-order valence-electron chi connectivity index (χ4n) is 3.17. The zero-order valence-electron chi connectivity index (χ0n) is 16.4. The minimum absolute atomic E-state index is 0.141. The van der Waals surface area contributed by atoms with Crippen molar-refractivity contribution in [2.45, 2.75) is 17.6 Å². The highest BCUT2D eigenvalue weighted by Gasteiger charge is 2.34. The lowest BCUT2D eigenvalue weighted by molar-refractivity contribution is -0.130. The number of nitrogen functional groups attached to an aromatic ring is 1. The summed E-state index contributed by atoms with van der Waals surface area (Å²) in [5, 5.41) is 15.1. The number of anilines is 1. The average Bonchev–Trinajstić information content (AvgIpc) is 3.51. The van der Waals surface area contributed by atoms with Crippen LogP contribution >= 0.6 is 23.1 Å². The Morgan fingerprint density at radius 1 is 1.33 bits per heavy atom. The van der Waals surface area contributed by atoms with Gasteiger partial charge in [0, 0.05) is 6.42 Å². The molecule has 3 N–H and O–H groups in total. The second kappa shape index (κ2) is 8.76. The number of H-pyrrole nitrogens is 1. The lowest BCUT2D eigenvalue weighted by atomic mass is 10.0. The number of aromatic amines is 1. The molecule has 2 aromatic heterocycles. The summed E-state index contributed by atoms with van der Waals surface area (Å²) in [6, 6.07) is 9.40. The third kappa shape index (κ3) is 4.12. The van der Waals surface area contributed by atoms with Crippen LogP contribution < -0.4 is 15.2 Å². The Kier molecular flexibility index (Phi) is 5.91. The van der Waals surface area contributed by atoms with Gasteiger partial charge in [-0.2, -0.15) is 10.1 Å². The van der Waals surface area contributed by atoms with Gasteiger partial charge in [0.15, 0.2) is 11.5 Å². The second-order valence-corrected chi connectivity index (χ2v) is 8.28. The van der Waals surface area contributed by atoms with Gasteiger partial charge >= 0.3 is 0 Å². The highest BCUT2D eigenvalue weighted by atomic mass is 32.2. The summed E-state index contributed by atoms with van der Waals surface area (Å²) in [6.07, 6.45) is 0.611. The van der Waals surface area contributed by atoms with Crippen molar-refractivity contribution in [2.75, 3.05) is 25.7 Å². The van der Waals surface area contributed by atoms with Crippen molar-refractivity contribution >= 4 is 40.7 Å². The highest BCUT2D eigenvalue weighted by molar-refractivity contribution is 7.99. The van der Waals surface area contributed by atoms with E-state index in [4.69, 9.17) is 15.2 Å². The van der Waals surface area contributed by atoms with E-state index in [1.54, 1.807) is 30.6 Å². The molecule has 4 rings (SSSR count). The van der Waals surface area contributed by atoms with Crippen LogP contribution in [0.2, 0.25) is 0 Å². The molecule has 0 radical (unpaired) electrons. The number of nitrogens with one attached hydrogen (secondary N) is 1. The molecular weight excluding hydrogens is 424 g/mol. The van der Waals surface area contributed by atoms with Crippen LogP contribution in [-0.4, -0.2) is 51.8 Å². The molecule has 3 heterocycles. The Morgan fingerprint density at radius 3 is 2.83 bits per heavy atom. The summed E-state index contributed by atoms with van der Waals surface area (Å²) in [6.45, 7) is 0. The molecule has 0 bridgehead atoms. The summed E-state index contributed by atoms with van der Waals surface area (Å²) in [7, 11) is 3.18. The van der Waals surface area contributed by atoms with Gasteiger partial charge in [0.05, 0.1) is 36.6 Å². The molecule has 1 aliphatic rings. The first kappa shape index (κ1) is 20.2. The number of carbonyl (C=O) groups excluding carboxylic acids is 1. The van der Waals surface area contributed by atoms with Crippen molar-refractivity contribution in [3.63, 3.8) is 0 Å². The average molecular weight is 445 g/mol. The molecule has 0 spiro atoms. The summed E-state index contributed by atoms with van der Waals surface area (Å²) in [4.78, 5) is 18.1. The van der Waals surface area contributed by atoms with Crippen molar-refractivity contribution in [1.29, 1.82) is 0 Å². The molecule has 0 aliphatic carbocycles. The fraction of sp³-hybridized carbons (Fsp3) is 0.263. The van der Waals surface area contributed by atoms with Gasteiger partial charge in [-0.25, -0.2) is 10.1 Å². The molecule has 1 aliphatic heterocycles. The number of methoxy groups -OCH3 is 2. The van der Waals surface area contributed by atoms with E-state index >= 15 is 0 Å². The fourth-order valence-corrected chi connectivity index (χ4v) is 4.55. The molecular formula is C19H20N6O3S2. The molecule has 9 nitrogen and oxygen atoms in total. The molecule has 0 fully saturated rings. The molecule has 156 valence electrons. The Morgan fingerprint density at radius 2 is 2.17 bits per heavy atom. The number of thiophene rings is 1.